The fraction of sp³-hybridized carbons (Fsp3) is 0.909. The number of hydrogen-bond donors (Lipinski definition) is 1. The molecular weight excluding hydrogens is 160 g/mol. The maximum atomic E-state index is 8.82. The Morgan fingerprint density at radius 3 is 2.46 bits per heavy atom. The largest absolute Gasteiger partial charge is 0.299 e. The van der Waals surface area contributed by atoms with E-state index in [1.54, 1.807) is 0 Å². The van der Waals surface area contributed by atoms with Crippen LogP contribution in [0, 0.1) is 23.2 Å². The minimum atomic E-state index is 0.0931. The number of rotatable bonds is 3. The van der Waals surface area contributed by atoms with E-state index in [-0.39, 0.29) is 6.04 Å². The van der Waals surface area contributed by atoms with E-state index in [1.807, 2.05) is 0 Å². The molecule has 0 saturated heterocycles. The van der Waals surface area contributed by atoms with E-state index in [2.05, 4.69) is 18.3 Å². The molecule has 0 spiro atoms. The van der Waals surface area contributed by atoms with Crippen molar-refractivity contribution in [3.8, 4) is 6.07 Å². The molecule has 2 rings (SSSR count). The first-order valence-electron chi connectivity index (χ1n) is 5.52. The lowest BCUT2D eigenvalue weighted by Gasteiger charge is -2.07. The molecular formula is C11H18N2. The second-order valence-corrected chi connectivity index (χ2v) is 4.39. The van der Waals surface area contributed by atoms with Crippen molar-refractivity contribution in [2.24, 2.45) is 11.8 Å². The predicted octanol–water partition coefficient (Wildman–Crippen LogP) is 2.07. The van der Waals surface area contributed by atoms with E-state index in [0.29, 0.717) is 6.04 Å². The molecule has 0 aromatic rings. The predicted molar refractivity (Wildman–Crippen MR) is 52.1 cm³/mol. The van der Waals surface area contributed by atoms with Crippen molar-refractivity contribution >= 4 is 0 Å². The molecule has 1 N–H and O–H groups in total. The molecule has 0 aromatic heterocycles. The Kier molecular flexibility index (Phi) is 2.55. The summed E-state index contributed by atoms with van der Waals surface area (Å²) in [4.78, 5) is 0. The summed E-state index contributed by atoms with van der Waals surface area (Å²) in [5.74, 6) is 1.83. The Morgan fingerprint density at radius 2 is 2.00 bits per heavy atom. The summed E-state index contributed by atoms with van der Waals surface area (Å²) in [5.41, 5.74) is 0. The molecule has 2 heteroatoms. The van der Waals surface area contributed by atoms with Gasteiger partial charge in [0.15, 0.2) is 0 Å². The Bertz CT molecular complexity index is 207. The molecule has 13 heavy (non-hydrogen) atoms. The maximum absolute atomic E-state index is 8.82. The van der Waals surface area contributed by atoms with Gasteiger partial charge in [-0.3, -0.25) is 5.32 Å². The van der Waals surface area contributed by atoms with Crippen molar-refractivity contribution in [2.75, 3.05) is 0 Å². The second kappa shape index (κ2) is 3.67. The monoisotopic (exact) mass is 178 g/mol. The topological polar surface area (TPSA) is 35.8 Å². The van der Waals surface area contributed by atoms with Gasteiger partial charge in [-0.05, 0) is 31.1 Å². The molecule has 2 nitrogen and oxygen atoms in total. The van der Waals surface area contributed by atoms with Crippen molar-refractivity contribution < 1.29 is 0 Å². The van der Waals surface area contributed by atoms with Gasteiger partial charge in [-0.2, -0.15) is 5.26 Å². The molecule has 2 fully saturated rings. The summed E-state index contributed by atoms with van der Waals surface area (Å²) in [6.07, 6.45) is 6.53. The molecule has 0 radical (unpaired) electrons. The van der Waals surface area contributed by atoms with E-state index in [0.717, 1.165) is 18.3 Å². The highest BCUT2D eigenvalue weighted by Crippen LogP contribution is 2.49. The molecule has 0 bridgehead atoms. The van der Waals surface area contributed by atoms with Crippen molar-refractivity contribution in [1.82, 2.24) is 5.32 Å². The Morgan fingerprint density at radius 1 is 1.38 bits per heavy atom. The van der Waals surface area contributed by atoms with Gasteiger partial charge in [0.25, 0.3) is 0 Å². The molecule has 72 valence electrons. The third-order valence-corrected chi connectivity index (χ3v) is 3.61. The van der Waals surface area contributed by atoms with Crippen LogP contribution < -0.4 is 5.32 Å². The van der Waals surface area contributed by atoms with Crippen LogP contribution in [0.15, 0.2) is 0 Å². The highest BCUT2D eigenvalue weighted by molar-refractivity contribution is 5.07. The zero-order valence-corrected chi connectivity index (χ0v) is 8.29. The van der Waals surface area contributed by atoms with Crippen LogP contribution in [0.25, 0.3) is 0 Å². The van der Waals surface area contributed by atoms with Gasteiger partial charge >= 0.3 is 0 Å². The van der Waals surface area contributed by atoms with Crippen LogP contribution in [0.4, 0.5) is 0 Å². The van der Waals surface area contributed by atoms with E-state index in [1.165, 1.54) is 25.7 Å². The summed E-state index contributed by atoms with van der Waals surface area (Å²) >= 11 is 0. The molecule has 0 heterocycles. The maximum Gasteiger partial charge on any atom is 0.0952 e. The van der Waals surface area contributed by atoms with Crippen LogP contribution in [-0.2, 0) is 0 Å². The molecule has 0 amide bonds. The average molecular weight is 178 g/mol. The Hall–Kier alpha value is -0.550. The van der Waals surface area contributed by atoms with Gasteiger partial charge in [-0.15, -0.1) is 0 Å². The summed E-state index contributed by atoms with van der Waals surface area (Å²) in [6, 6.07) is 3.10. The Labute approximate surface area is 80.3 Å². The third-order valence-electron chi connectivity index (χ3n) is 3.61. The lowest BCUT2D eigenvalue weighted by atomic mass is 10.0. The standard InChI is InChI=1S/C11H18N2/c1-2-8(7-12)13-11-9-5-3-4-6-10(9)11/h8-11,13H,2-6H2,1H3. The summed E-state index contributed by atoms with van der Waals surface area (Å²) in [5, 5.41) is 12.3. The summed E-state index contributed by atoms with van der Waals surface area (Å²) in [6.45, 7) is 2.08. The Balaban J connectivity index is 1.81. The zero-order chi connectivity index (χ0) is 9.26. The van der Waals surface area contributed by atoms with Crippen LogP contribution in [0.3, 0.4) is 0 Å². The quantitative estimate of drug-likeness (QED) is 0.718. The number of nitrogens with zero attached hydrogens (tertiary/aromatic N) is 1. The van der Waals surface area contributed by atoms with Gasteiger partial charge in [0.2, 0.25) is 0 Å². The van der Waals surface area contributed by atoms with Gasteiger partial charge in [-0.1, -0.05) is 19.8 Å². The van der Waals surface area contributed by atoms with Crippen molar-refractivity contribution in [2.45, 2.75) is 51.1 Å². The fourth-order valence-electron chi connectivity index (χ4n) is 2.72. The molecule has 0 aromatic carbocycles. The van der Waals surface area contributed by atoms with Gasteiger partial charge in [0.05, 0.1) is 12.1 Å². The summed E-state index contributed by atoms with van der Waals surface area (Å²) in [7, 11) is 0. The van der Waals surface area contributed by atoms with Gasteiger partial charge in [-0.25, -0.2) is 0 Å². The van der Waals surface area contributed by atoms with Gasteiger partial charge in [0.1, 0.15) is 0 Å². The number of nitriles is 1. The fourth-order valence-corrected chi connectivity index (χ4v) is 2.72. The van der Waals surface area contributed by atoms with Crippen LogP contribution in [-0.4, -0.2) is 12.1 Å². The van der Waals surface area contributed by atoms with Crippen LogP contribution in [0.5, 0.6) is 0 Å². The molecule has 3 atom stereocenters. The zero-order valence-electron chi connectivity index (χ0n) is 8.29. The number of nitrogens with one attached hydrogen (secondary N) is 1. The normalized spacial score (nSPS) is 38.9. The molecule has 3 unspecified atom stereocenters. The van der Waals surface area contributed by atoms with Crippen molar-refractivity contribution in [3.05, 3.63) is 0 Å². The molecule has 2 saturated carbocycles. The second-order valence-electron chi connectivity index (χ2n) is 4.39. The van der Waals surface area contributed by atoms with Gasteiger partial charge in [0, 0.05) is 6.04 Å². The van der Waals surface area contributed by atoms with E-state index < -0.39 is 0 Å². The smallest absolute Gasteiger partial charge is 0.0952 e. The van der Waals surface area contributed by atoms with Crippen LogP contribution in [0.1, 0.15) is 39.0 Å². The number of hydrogen-bond acceptors (Lipinski definition) is 2. The minimum absolute atomic E-state index is 0.0931. The lowest BCUT2D eigenvalue weighted by Crippen LogP contribution is -2.30. The van der Waals surface area contributed by atoms with Crippen LogP contribution >= 0.6 is 0 Å². The van der Waals surface area contributed by atoms with Crippen LogP contribution in [0.2, 0.25) is 0 Å². The number of fused-ring (bicyclic) bond motifs is 1. The third kappa shape index (κ3) is 1.71. The van der Waals surface area contributed by atoms with E-state index >= 15 is 0 Å². The van der Waals surface area contributed by atoms with E-state index in [4.69, 9.17) is 5.26 Å². The first kappa shape index (κ1) is 9.02. The van der Waals surface area contributed by atoms with Crippen molar-refractivity contribution in [1.29, 1.82) is 5.26 Å². The molecule has 2 aliphatic carbocycles. The SMILES string of the molecule is CCC(C#N)NC1C2CCCCC21. The first-order valence-corrected chi connectivity index (χ1v) is 5.52. The molecule has 2 aliphatic rings. The van der Waals surface area contributed by atoms with Gasteiger partial charge < -0.3 is 0 Å². The lowest BCUT2D eigenvalue weighted by molar-refractivity contribution is 0.480. The van der Waals surface area contributed by atoms with Crippen molar-refractivity contribution in [3.63, 3.8) is 0 Å². The molecule has 0 aliphatic heterocycles. The highest BCUT2D eigenvalue weighted by Gasteiger charge is 2.50. The average Bonchev–Trinajstić information content (AvgIpc) is 2.88. The summed E-state index contributed by atoms with van der Waals surface area (Å²) < 4.78 is 0. The highest BCUT2D eigenvalue weighted by atomic mass is 15.0. The minimum Gasteiger partial charge on any atom is -0.299 e. The first-order chi connectivity index (χ1) is 6.36. The van der Waals surface area contributed by atoms with E-state index in [9.17, 15) is 0 Å².